The number of hydrogen-bond acceptors (Lipinski definition) is 4. The summed E-state index contributed by atoms with van der Waals surface area (Å²) in [5.41, 5.74) is 7.33. The van der Waals surface area contributed by atoms with Crippen LogP contribution in [0.25, 0.3) is 0 Å². The molecule has 1 aliphatic rings. The highest BCUT2D eigenvalue weighted by Crippen LogP contribution is 2.17. The van der Waals surface area contributed by atoms with Crippen molar-refractivity contribution in [3.8, 4) is 0 Å². The van der Waals surface area contributed by atoms with E-state index in [0.717, 1.165) is 32.6 Å². The third-order valence-electron chi connectivity index (χ3n) is 4.01. The zero-order valence-electron chi connectivity index (χ0n) is 13.4. The Hall–Kier alpha value is -1.69. The molecule has 0 saturated carbocycles. The molecule has 132 valence electrons. The third-order valence-corrected chi connectivity index (χ3v) is 4.01. The van der Waals surface area contributed by atoms with Crippen molar-refractivity contribution in [1.29, 1.82) is 0 Å². The molecule has 3 rings (SSSR count). The van der Waals surface area contributed by atoms with E-state index in [-0.39, 0.29) is 30.7 Å². The van der Waals surface area contributed by atoms with E-state index < -0.39 is 0 Å². The van der Waals surface area contributed by atoms with Crippen LogP contribution in [0.2, 0.25) is 0 Å². The summed E-state index contributed by atoms with van der Waals surface area (Å²) in [5, 5.41) is 0. The van der Waals surface area contributed by atoms with Crippen molar-refractivity contribution in [2.75, 3.05) is 31.1 Å². The van der Waals surface area contributed by atoms with E-state index >= 15 is 0 Å². The molecular formula is C17H23Cl2N3O2. The average Bonchev–Trinajstić information content (AvgIpc) is 2.92. The van der Waals surface area contributed by atoms with E-state index in [4.69, 9.17) is 10.2 Å². The zero-order valence-corrected chi connectivity index (χ0v) is 15.0. The number of benzene rings is 1. The number of carbonyl (C=O) groups is 1. The van der Waals surface area contributed by atoms with Gasteiger partial charge in [-0.15, -0.1) is 24.8 Å². The molecule has 1 saturated heterocycles. The molecule has 7 heteroatoms. The van der Waals surface area contributed by atoms with Crippen molar-refractivity contribution in [2.45, 2.75) is 13.0 Å². The van der Waals surface area contributed by atoms with Crippen molar-refractivity contribution in [2.24, 2.45) is 5.73 Å². The van der Waals surface area contributed by atoms with Gasteiger partial charge >= 0.3 is 0 Å². The van der Waals surface area contributed by atoms with Gasteiger partial charge in [0.15, 0.2) is 0 Å². The number of nitrogens with two attached hydrogens (primary N) is 1. The fourth-order valence-electron chi connectivity index (χ4n) is 2.80. The largest absolute Gasteiger partial charge is 0.467 e. The quantitative estimate of drug-likeness (QED) is 0.900. The molecule has 1 aliphatic heterocycles. The summed E-state index contributed by atoms with van der Waals surface area (Å²) in [6.07, 6.45) is 2.46. The normalized spacial score (nSPS) is 14.4. The molecule has 0 aliphatic carbocycles. The summed E-state index contributed by atoms with van der Waals surface area (Å²) < 4.78 is 5.26. The first kappa shape index (κ1) is 20.4. The van der Waals surface area contributed by atoms with Gasteiger partial charge in [-0.05, 0) is 24.6 Å². The molecule has 2 N–H and O–H groups in total. The van der Waals surface area contributed by atoms with Gasteiger partial charge in [0, 0.05) is 31.9 Å². The van der Waals surface area contributed by atoms with Gasteiger partial charge in [0.1, 0.15) is 12.0 Å². The smallest absolute Gasteiger partial charge is 0.257 e. The number of para-hydroxylation sites is 1. The standard InChI is InChI=1S/C17H21N3O2.2ClH/c18-12-16-11-14(13-22-16)17(21)20-8-4-7-19(9-10-20)15-5-2-1-3-6-15;;/h1-3,5-6,11,13H,4,7-10,12,18H2;2*1H. The number of hydrogen-bond donors (Lipinski definition) is 1. The Labute approximate surface area is 154 Å². The maximum absolute atomic E-state index is 12.5. The first-order chi connectivity index (χ1) is 10.8. The van der Waals surface area contributed by atoms with Gasteiger partial charge in [0.05, 0.1) is 12.1 Å². The van der Waals surface area contributed by atoms with Gasteiger partial charge in [-0.3, -0.25) is 4.79 Å². The van der Waals surface area contributed by atoms with Gasteiger partial charge in [-0.25, -0.2) is 0 Å². The van der Waals surface area contributed by atoms with Crippen LogP contribution < -0.4 is 10.6 Å². The molecule has 0 atom stereocenters. The molecular weight excluding hydrogens is 349 g/mol. The second-order valence-corrected chi connectivity index (χ2v) is 5.47. The van der Waals surface area contributed by atoms with Crippen LogP contribution >= 0.6 is 24.8 Å². The lowest BCUT2D eigenvalue weighted by Gasteiger charge is -2.23. The monoisotopic (exact) mass is 371 g/mol. The SMILES string of the molecule is Cl.Cl.NCc1cc(C(=O)N2CCCN(c3ccccc3)CC2)co1. The van der Waals surface area contributed by atoms with Crippen LogP contribution in [0.3, 0.4) is 0 Å². The molecule has 2 heterocycles. The van der Waals surface area contributed by atoms with Gasteiger partial charge in [-0.1, -0.05) is 18.2 Å². The highest BCUT2D eigenvalue weighted by molar-refractivity contribution is 5.94. The Morgan fingerprint density at radius 2 is 1.83 bits per heavy atom. The van der Waals surface area contributed by atoms with Crippen LogP contribution in [0.1, 0.15) is 22.5 Å². The molecule has 0 radical (unpaired) electrons. The van der Waals surface area contributed by atoms with E-state index in [9.17, 15) is 4.79 Å². The Morgan fingerprint density at radius 3 is 2.50 bits per heavy atom. The molecule has 0 spiro atoms. The molecule has 1 aromatic heterocycles. The number of carbonyl (C=O) groups excluding carboxylic acids is 1. The van der Waals surface area contributed by atoms with Gasteiger partial charge < -0.3 is 20.0 Å². The minimum absolute atomic E-state index is 0. The number of halogens is 2. The van der Waals surface area contributed by atoms with Crippen LogP contribution in [0.5, 0.6) is 0 Å². The predicted octanol–water partition coefficient (Wildman–Crippen LogP) is 2.93. The van der Waals surface area contributed by atoms with Crippen LogP contribution in [0, 0.1) is 0 Å². The van der Waals surface area contributed by atoms with E-state index in [1.54, 1.807) is 6.07 Å². The van der Waals surface area contributed by atoms with Gasteiger partial charge in [0.2, 0.25) is 0 Å². The third kappa shape index (κ3) is 4.66. The second-order valence-electron chi connectivity index (χ2n) is 5.47. The average molecular weight is 372 g/mol. The van der Waals surface area contributed by atoms with Crippen molar-refractivity contribution in [3.05, 3.63) is 54.0 Å². The molecule has 1 amide bonds. The van der Waals surface area contributed by atoms with Crippen LogP contribution in [0.4, 0.5) is 5.69 Å². The summed E-state index contributed by atoms with van der Waals surface area (Å²) in [5.74, 6) is 0.669. The fraction of sp³-hybridized carbons (Fsp3) is 0.353. The number of furan rings is 1. The summed E-state index contributed by atoms with van der Waals surface area (Å²) in [4.78, 5) is 16.8. The van der Waals surface area contributed by atoms with Crippen LogP contribution in [-0.2, 0) is 6.54 Å². The maximum Gasteiger partial charge on any atom is 0.257 e. The summed E-state index contributed by atoms with van der Waals surface area (Å²) in [7, 11) is 0. The lowest BCUT2D eigenvalue weighted by Crippen LogP contribution is -2.35. The van der Waals surface area contributed by atoms with Crippen molar-refractivity contribution >= 4 is 36.4 Å². The van der Waals surface area contributed by atoms with E-state index in [1.165, 1.54) is 12.0 Å². The Balaban J connectivity index is 0.00000144. The number of anilines is 1. The Morgan fingerprint density at radius 1 is 1.08 bits per heavy atom. The van der Waals surface area contributed by atoms with E-state index in [1.807, 2.05) is 23.1 Å². The molecule has 2 aromatic rings. The topological polar surface area (TPSA) is 62.7 Å². The predicted molar refractivity (Wildman–Crippen MR) is 100 cm³/mol. The van der Waals surface area contributed by atoms with E-state index in [0.29, 0.717) is 17.9 Å². The zero-order chi connectivity index (χ0) is 15.4. The van der Waals surface area contributed by atoms with Gasteiger partial charge in [-0.2, -0.15) is 0 Å². The number of amides is 1. The first-order valence-electron chi connectivity index (χ1n) is 7.64. The Kier molecular flexibility index (Phi) is 8.11. The van der Waals surface area contributed by atoms with Crippen molar-refractivity contribution in [3.63, 3.8) is 0 Å². The lowest BCUT2D eigenvalue weighted by atomic mass is 10.2. The fourth-order valence-corrected chi connectivity index (χ4v) is 2.80. The maximum atomic E-state index is 12.5. The summed E-state index contributed by atoms with van der Waals surface area (Å²) >= 11 is 0. The van der Waals surface area contributed by atoms with Crippen LogP contribution in [-0.4, -0.2) is 37.0 Å². The molecule has 5 nitrogen and oxygen atoms in total. The highest BCUT2D eigenvalue weighted by atomic mass is 35.5. The first-order valence-corrected chi connectivity index (χ1v) is 7.64. The van der Waals surface area contributed by atoms with Crippen LogP contribution in [0.15, 0.2) is 47.1 Å². The summed E-state index contributed by atoms with van der Waals surface area (Å²) in [6.45, 7) is 3.61. The second kappa shape index (κ2) is 9.57. The molecule has 0 unspecified atom stereocenters. The molecule has 0 bridgehead atoms. The Bertz CT molecular complexity index is 634. The molecule has 24 heavy (non-hydrogen) atoms. The molecule has 1 fully saturated rings. The minimum atomic E-state index is 0. The molecule has 1 aromatic carbocycles. The minimum Gasteiger partial charge on any atom is -0.467 e. The number of nitrogens with zero attached hydrogens (tertiary/aromatic N) is 2. The number of rotatable bonds is 3. The van der Waals surface area contributed by atoms with E-state index in [2.05, 4.69) is 17.0 Å². The highest BCUT2D eigenvalue weighted by Gasteiger charge is 2.21. The summed E-state index contributed by atoms with van der Waals surface area (Å²) in [6, 6.07) is 12.1. The van der Waals surface area contributed by atoms with Crippen molar-refractivity contribution in [1.82, 2.24) is 4.90 Å². The van der Waals surface area contributed by atoms with Gasteiger partial charge in [0.25, 0.3) is 5.91 Å². The van der Waals surface area contributed by atoms with Crippen molar-refractivity contribution < 1.29 is 9.21 Å². The lowest BCUT2D eigenvalue weighted by molar-refractivity contribution is 0.0766.